The molecule has 7 nitrogen and oxygen atoms in total. The van der Waals surface area contributed by atoms with E-state index in [-0.39, 0.29) is 6.03 Å². The Labute approximate surface area is 169 Å². The average molecular weight is 404 g/mol. The fourth-order valence-corrected chi connectivity index (χ4v) is 5.12. The van der Waals surface area contributed by atoms with Gasteiger partial charge in [-0.1, -0.05) is 30.9 Å². The molecular weight excluding hydrogens is 378 g/mol. The lowest BCUT2D eigenvalue weighted by atomic mass is 9.74. The van der Waals surface area contributed by atoms with E-state index in [9.17, 15) is 4.79 Å². The number of nitrogens with one attached hydrogen (secondary N) is 2. The molecule has 1 spiro atoms. The summed E-state index contributed by atoms with van der Waals surface area (Å²) in [5.41, 5.74) is 2.78. The lowest BCUT2D eigenvalue weighted by Crippen LogP contribution is -2.52. The second-order valence-electron chi connectivity index (χ2n) is 8.37. The van der Waals surface area contributed by atoms with Crippen molar-refractivity contribution in [3.8, 4) is 0 Å². The van der Waals surface area contributed by atoms with Crippen LogP contribution in [0.3, 0.4) is 0 Å². The van der Waals surface area contributed by atoms with Crippen molar-refractivity contribution in [1.82, 2.24) is 20.1 Å². The molecule has 3 aliphatic rings. The van der Waals surface area contributed by atoms with Crippen molar-refractivity contribution in [1.29, 1.82) is 0 Å². The molecule has 28 heavy (non-hydrogen) atoms. The van der Waals surface area contributed by atoms with E-state index in [4.69, 9.17) is 21.0 Å². The number of rotatable bonds is 2. The predicted molar refractivity (Wildman–Crippen MR) is 109 cm³/mol. The summed E-state index contributed by atoms with van der Waals surface area (Å²) in [6.07, 6.45) is 5.15. The number of urea groups is 1. The first kappa shape index (κ1) is 18.2. The Morgan fingerprint density at radius 1 is 1.21 bits per heavy atom. The molecule has 2 aromatic rings. The third-order valence-corrected chi connectivity index (χ3v) is 6.71. The SMILES string of the molecule is CN1CCN(Cc2nc3cc(Cl)c4c(c3o2)C2(CCCCC2)NC(=O)N4)CC1. The molecular formula is C20H26ClN5O2. The van der Waals surface area contributed by atoms with Crippen molar-refractivity contribution in [3.05, 3.63) is 22.5 Å². The van der Waals surface area contributed by atoms with Gasteiger partial charge in [0.25, 0.3) is 0 Å². The second-order valence-corrected chi connectivity index (χ2v) is 8.77. The summed E-state index contributed by atoms with van der Waals surface area (Å²) < 4.78 is 6.30. The van der Waals surface area contributed by atoms with E-state index in [1.54, 1.807) is 0 Å². The minimum Gasteiger partial charge on any atom is -0.439 e. The minimum atomic E-state index is -0.413. The van der Waals surface area contributed by atoms with E-state index in [0.717, 1.165) is 68.5 Å². The largest absolute Gasteiger partial charge is 0.439 e. The number of piperazine rings is 1. The van der Waals surface area contributed by atoms with E-state index in [1.807, 2.05) is 6.07 Å². The molecule has 1 saturated carbocycles. The molecule has 2 amide bonds. The van der Waals surface area contributed by atoms with Crippen molar-refractivity contribution in [2.75, 3.05) is 38.5 Å². The maximum atomic E-state index is 12.3. The lowest BCUT2D eigenvalue weighted by molar-refractivity contribution is 0.139. The van der Waals surface area contributed by atoms with Crippen LogP contribution in [-0.4, -0.2) is 54.0 Å². The number of hydrogen-bond donors (Lipinski definition) is 2. The van der Waals surface area contributed by atoms with Crippen LogP contribution in [0.15, 0.2) is 10.5 Å². The van der Waals surface area contributed by atoms with Gasteiger partial charge in [0.1, 0.15) is 5.52 Å². The first-order chi connectivity index (χ1) is 13.5. The molecule has 1 aromatic carbocycles. The van der Waals surface area contributed by atoms with Gasteiger partial charge in [0, 0.05) is 31.7 Å². The number of hydrogen-bond acceptors (Lipinski definition) is 5. The number of likely N-dealkylation sites (N-methyl/N-ethyl adjacent to an activating group) is 1. The Bertz CT molecular complexity index is 913. The van der Waals surface area contributed by atoms with E-state index in [2.05, 4.69) is 27.5 Å². The third kappa shape index (κ3) is 3.06. The maximum Gasteiger partial charge on any atom is 0.319 e. The van der Waals surface area contributed by atoms with Crippen molar-refractivity contribution in [2.24, 2.45) is 0 Å². The van der Waals surface area contributed by atoms with Gasteiger partial charge in [-0.15, -0.1) is 0 Å². The van der Waals surface area contributed by atoms with Crippen LogP contribution in [0.1, 0.15) is 43.6 Å². The quantitative estimate of drug-likeness (QED) is 0.802. The fourth-order valence-electron chi connectivity index (χ4n) is 4.88. The summed E-state index contributed by atoms with van der Waals surface area (Å²) in [4.78, 5) is 21.8. The number of anilines is 1. The number of carbonyl (C=O) groups is 1. The van der Waals surface area contributed by atoms with Gasteiger partial charge in [0.15, 0.2) is 5.58 Å². The molecule has 2 N–H and O–H groups in total. The molecule has 2 aliphatic heterocycles. The van der Waals surface area contributed by atoms with Crippen LogP contribution in [0.4, 0.5) is 10.5 Å². The van der Waals surface area contributed by atoms with E-state index >= 15 is 0 Å². The number of fused-ring (bicyclic) bond motifs is 4. The number of benzene rings is 1. The van der Waals surface area contributed by atoms with Crippen LogP contribution in [0.2, 0.25) is 5.02 Å². The monoisotopic (exact) mass is 403 g/mol. The van der Waals surface area contributed by atoms with E-state index < -0.39 is 5.54 Å². The predicted octanol–water partition coefficient (Wildman–Crippen LogP) is 3.52. The Balaban J connectivity index is 1.56. The summed E-state index contributed by atoms with van der Waals surface area (Å²) in [6.45, 7) is 4.83. The highest BCUT2D eigenvalue weighted by Gasteiger charge is 2.44. The van der Waals surface area contributed by atoms with Crippen LogP contribution in [0.25, 0.3) is 11.1 Å². The van der Waals surface area contributed by atoms with Crippen LogP contribution >= 0.6 is 11.6 Å². The molecule has 3 heterocycles. The summed E-state index contributed by atoms with van der Waals surface area (Å²) >= 11 is 6.57. The molecule has 2 fully saturated rings. The average Bonchev–Trinajstić information content (AvgIpc) is 3.06. The van der Waals surface area contributed by atoms with Gasteiger partial charge in [0.05, 0.1) is 22.8 Å². The standard InChI is InChI=1S/C20H26ClN5O2/c1-25-7-9-26(10-8-25)12-15-22-14-11-13(21)17-16(18(14)28-15)20(24-19(27)23-17)5-3-2-4-6-20/h11H,2-10,12H2,1H3,(H2,23,24,27). The van der Waals surface area contributed by atoms with Gasteiger partial charge >= 0.3 is 6.03 Å². The van der Waals surface area contributed by atoms with Crippen LogP contribution < -0.4 is 10.6 Å². The Morgan fingerprint density at radius 3 is 2.71 bits per heavy atom. The van der Waals surface area contributed by atoms with E-state index in [0.29, 0.717) is 23.1 Å². The maximum absolute atomic E-state index is 12.3. The lowest BCUT2D eigenvalue weighted by Gasteiger charge is -2.42. The molecule has 0 radical (unpaired) electrons. The van der Waals surface area contributed by atoms with Gasteiger partial charge in [0.2, 0.25) is 5.89 Å². The Hall–Kier alpha value is -1.83. The number of amides is 2. The molecule has 8 heteroatoms. The number of aromatic nitrogens is 1. The molecule has 0 bridgehead atoms. The molecule has 1 saturated heterocycles. The topological polar surface area (TPSA) is 73.6 Å². The smallest absolute Gasteiger partial charge is 0.319 e. The van der Waals surface area contributed by atoms with Crippen molar-refractivity contribution in [3.63, 3.8) is 0 Å². The highest BCUT2D eigenvalue weighted by Crippen LogP contribution is 2.48. The molecule has 0 unspecified atom stereocenters. The first-order valence-corrected chi connectivity index (χ1v) is 10.5. The van der Waals surface area contributed by atoms with Crippen molar-refractivity contribution >= 4 is 34.4 Å². The van der Waals surface area contributed by atoms with Gasteiger partial charge in [-0.3, -0.25) is 4.90 Å². The van der Waals surface area contributed by atoms with Crippen molar-refractivity contribution in [2.45, 2.75) is 44.2 Å². The third-order valence-electron chi connectivity index (χ3n) is 6.41. The first-order valence-electron chi connectivity index (χ1n) is 10.2. The molecule has 5 rings (SSSR count). The zero-order chi connectivity index (χ0) is 19.3. The Morgan fingerprint density at radius 2 is 1.96 bits per heavy atom. The normalized spacial score (nSPS) is 22.9. The van der Waals surface area contributed by atoms with Gasteiger partial charge in [-0.25, -0.2) is 9.78 Å². The van der Waals surface area contributed by atoms with Crippen LogP contribution in [-0.2, 0) is 12.1 Å². The fraction of sp³-hybridized carbons (Fsp3) is 0.600. The second kappa shape index (κ2) is 6.90. The Kier molecular flexibility index (Phi) is 4.49. The molecule has 1 aliphatic carbocycles. The summed E-state index contributed by atoms with van der Waals surface area (Å²) in [7, 11) is 2.15. The van der Waals surface area contributed by atoms with Crippen LogP contribution in [0, 0.1) is 0 Å². The summed E-state index contributed by atoms with van der Waals surface area (Å²) in [5.74, 6) is 0.715. The number of carbonyl (C=O) groups excluding carboxylic acids is 1. The highest BCUT2D eigenvalue weighted by molar-refractivity contribution is 6.35. The zero-order valence-electron chi connectivity index (χ0n) is 16.2. The number of nitrogens with zero attached hydrogens (tertiary/aromatic N) is 3. The number of oxazole rings is 1. The minimum absolute atomic E-state index is 0.187. The van der Waals surface area contributed by atoms with Crippen molar-refractivity contribution < 1.29 is 9.21 Å². The van der Waals surface area contributed by atoms with Gasteiger partial charge in [-0.05, 0) is 26.0 Å². The molecule has 1 aromatic heterocycles. The molecule has 150 valence electrons. The zero-order valence-corrected chi connectivity index (χ0v) is 16.9. The highest BCUT2D eigenvalue weighted by atomic mass is 35.5. The van der Waals surface area contributed by atoms with Crippen LogP contribution in [0.5, 0.6) is 0 Å². The van der Waals surface area contributed by atoms with Gasteiger partial charge < -0.3 is 20.0 Å². The van der Waals surface area contributed by atoms with Gasteiger partial charge in [-0.2, -0.15) is 0 Å². The summed E-state index contributed by atoms with van der Waals surface area (Å²) in [6, 6.07) is 1.63. The molecule has 0 atom stereocenters. The summed E-state index contributed by atoms with van der Waals surface area (Å²) in [5, 5.41) is 6.62. The van der Waals surface area contributed by atoms with E-state index in [1.165, 1.54) is 6.42 Å². The number of halogens is 1.